The van der Waals surface area contributed by atoms with Crippen LogP contribution in [0.1, 0.15) is 53.8 Å². The van der Waals surface area contributed by atoms with Crippen LogP contribution in [0.4, 0.5) is 5.82 Å². The summed E-state index contributed by atoms with van der Waals surface area (Å²) in [5.74, 6) is 8.89. The number of fused-ring (bicyclic) bond motifs is 3. The second-order valence-corrected chi connectivity index (χ2v) is 9.20. The molecule has 1 aromatic heterocycles. The molecule has 0 radical (unpaired) electrons. The molecule has 6 heteroatoms. The molecule has 0 bridgehead atoms. The molecule has 0 N–H and O–H groups in total. The molecule has 0 fully saturated rings. The third kappa shape index (κ3) is 3.88. The Hall–Kier alpha value is -3.85. The van der Waals surface area contributed by atoms with Crippen LogP contribution in [0.15, 0.2) is 59.6 Å². The molecule has 3 aromatic rings. The summed E-state index contributed by atoms with van der Waals surface area (Å²) < 4.78 is 2.08. The van der Waals surface area contributed by atoms with E-state index < -0.39 is 0 Å². The fourth-order valence-electron chi connectivity index (χ4n) is 4.43. The second-order valence-electron chi connectivity index (χ2n) is 9.20. The maximum atomic E-state index is 13.5. The highest BCUT2D eigenvalue weighted by atomic mass is 16.2. The van der Waals surface area contributed by atoms with Gasteiger partial charge in [-0.2, -0.15) is 0 Å². The molecule has 0 aliphatic carbocycles. The number of benzene rings is 2. The van der Waals surface area contributed by atoms with Crippen LogP contribution < -0.4 is 4.90 Å². The molecule has 6 nitrogen and oxygen atoms in total. The summed E-state index contributed by atoms with van der Waals surface area (Å²) >= 11 is 0. The van der Waals surface area contributed by atoms with Crippen molar-refractivity contribution in [1.82, 2.24) is 14.5 Å². The molecule has 0 saturated heterocycles. The van der Waals surface area contributed by atoms with Crippen molar-refractivity contribution < 1.29 is 4.79 Å². The van der Waals surface area contributed by atoms with Crippen molar-refractivity contribution in [3.05, 3.63) is 82.8 Å². The lowest BCUT2D eigenvalue weighted by molar-refractivity contribution is 0.0841. The largest absolute Gasteiger partial charge is 0.299 e. The minimum atomic E-state index is -0.109. The standard InChI is InChI=1S/C28H29N5O/c1-5-31-27(34)25-26(33-18-23(19(2)3)29-28(31)33)32(17-22-9-7-6-8-10-22)24(30-25)16-15-21-13-11-20(4)12-14-21/h6-14,19,23H,5,17-18H2,1-4H3/t23-/m0/s1. The van der Waals surface area contributed by atoms with Gasteiger partial charge in [0.05, 0.1) is 19.1 Å². The number of amides is 1. The van der Waals surface area contributed by atoms with Gasteiger partial charge in [0.1, 0.15) is 5.82 Å². The van der Waals surface area contributed by atoms with E-state index in [0.29, 0.717) is 30.5 Å². The number of hydrogen-bond acceptors (Lipinski definition) is 4. The van der Waals surface area contributed by atoms with Crippen LogP contribution in [0, 0.1) is 24.7 Å². The van der Waals surface area contributed by atoms with Crippen molar-refractivity contribution >= 4 is 17.7 Å². The van der Waals surface area contributed by atoms with E-state index in [4.69, 9.17) is 9.98 Å². The zero-order valence-electron chi connectivity index (χ0n) is 20.1. The smallest absolute Gasteiger partial charge is 0.283 e. The maximum absolute atomic E-state index is 13.5. The number of aromatic nitrogens is 2. The number of carbonyl (C=O) groups excluding carboxylic acids is 1. The molecule has 3 heterocycles. The first-order valence-corrected chi connectivity index (χ1v) is 11.9. The topological polar surface area (TPSA) is 53.7 Å². The van der Waals surface area contributed by atoms with E-state index in [9.17, 15) is 4.79 Å². The molecular formula is C28H29N5O. The highest BCUT2D eigenvalue weighted by Crippen LogP contribution is 2.34. The molecular weight excluding hydrogens is 422 g/mol. The predicted octanol–water partition coefficient (Wildman–Crippen LogP) is 4.32. The summed E-state index contributed by atoms with van der Waals surface area (Å²) in [4.78, 5) is 27.1. The number of anilines is 1. The fraction of sp³-hybridized carbons (Fsp3) is 0.321. The van der Waals surface area contributed by atoms with Crippen LogP contribution in [-0.2, 0) is 6.54 Å². The molecule has 0 saturated carbocycles. The van der Waals surface area contributed by atoms with Crippen LogP contribution in [0.3, 0.4) is 0 Å². The summed E-state index contributed by atoms with van der Waals surface area (Å²) in [5, 5.41) is 0. The van der Waals surface area contributed by atoms with Gasteiger partial charge in [-0.25, -0.2) is 9.98 Å². The predicted molar refractivity (Wildman–Crippen MR) is 135 cm³/mol. The third-order valence-electron chi connectivity index (χ3n) is 6.42. The van der Waals surface area contributed by atoms with E-state index in [1.54, 1.807) is 4.90 Å². The Balaban J connectivity index is 1.65. The lowest BCUT2D eigenvalue weighted by Crippen LogP contribution is -2.50. The first-order valence-electron chi connectivity index (χ1n) is 11.9. The van der Waals surface area contributed by atoms with E-state index in [1.165, 1.54) is 5.56 Å². The van der Waals surface area contributed by atoms with Crippen LogP contribution in [0.25, 0.3) is 0 Å². The molecule has 172 valence electrons. The van der Waals surface area contributed by atoms with Gasteiger partial charge in [0, 0.05) is 12.1 Å². The Kier molecular flexibility index (Phi) is 5.70. The molecule has 2 aromatic carbocycles. The molecule has 1 amide bonds. The summed E-state index contributed by atoms with van der Waals surface area (Å²) in [6, 6.07) is 18.5. The number of nitrogens with zero attached hydrogens (tertiary/aromatic N) is 5. The first kappa shape index (κ1) is 22.0. The number of hydrogen-bond donors (Lipinski definition) is 0. The Morgan fingerprint density at radius 1 is 1.06 bits per heavy atom. The highest BCUT2D eigenvalue weighted by Gasteiger charge is 2.43. The van der Waals surface area contributed by atoms with Crippen molar-refractivity contribution in [2.24, 2.45) is 10.9 Å². The Labute approximate surface area is 200 Å². The van der Waals surface area contributed by atoms with Gasteiger partial charge in [-0.05, 0) is 43.4 Å². The number of imidazole rings is 1. The van der Waals surface area contributed by atoms with E-state index in [1.807, 2.05) is 49.4 Å². The lowest BCUT2D eigenvalue weighted by atomic mass is 10.1. The fourth-order valence-corrected chi connectivity index (χ4v) is 4.43. The summed E-state index contributed by atoms with van der Waals surface area (Å²) in [6.45, 7) is 10.2. The van der Waals surface area contributed by atoms with Gasteiger partial charge < -0.3 is 0 Å². The molecule has 2 aliphatic heterocycles. The van der Waals surface area contributed by atoms with Gasteiger partial charge >= 0.3 is 0 Å². The average Bonchev–Trinajstić information content (AvgIpc) is 3.42. The van der Waals surface area contributed by atoms with E-state index in [2.05, 4.69) is 54.2 Å². The number of rotatable bonds is 4. The number of carbonyl (C=O) groups is 1. The Morgan fingerprint density at radius 2 is 1.79 bits per heavy atom. The van der Waals surface area contributed by atoms with E-state index >= 15 is 0 Å². The van der Waals surface area contributed by atoms with Gasteiger partial charge in [-0.1, -0.05) is 67.8 Å². The molecule has 2 aliphatic rings. The van der Waals surface area contributed by atoms with Gasteiger partial charge in [0.15, 0.2) is 11.5 Å². The first-order chi connectivity index (χ1) is 16.5. The number of aryl methyl sites for hydroxylation is 1. The normalized spacial score (nSPS) is 16.8. The minimum absolute atomic E-state index is 0.109. The SMILES string of the molecule is CCN1C(=O)c2nc(C#Cc3ccc(C)cc3)n(Cc3ccccc3)c2N2C[C@@H](C(C)C)N=C12. The third-order valence-corrected chi connectivity index (χ3v) is 6.42. The zero-order valence-corrected chi connectivity index (χ0v) is 20.1. The molecule has 34 heavy (non-hydrogen) atoms. The zero-order chi connectivity index (χ0) is 23.8. The Bertz CT molecular complexity index is 1310. The van der Waals surface area contributed by atoms with Crippen molar-refractivity contribution in [2.75, 3.05) is 18.0 Å². The summed E-state index contributed by atoms with van der Waals surface area (Å²) in [6.07, 6.45) is 0. The quantitative estimate of drug-likeness (QED) is 0.556. The minimum Gasteiger partial charge on any atom is -0.299 e. The maximum Gasteiger partial charge on any atom is 0.283 e. The second kappa shape index (κ2) is 8.83. The van der Waals surface area contributed by atoms with Gasteiger partial charge in [-0.15, -0.1) is 0 Å². The van der Waals surface area contributed by atoms with Gasteiger partial charge in [-0.3, -0.25) is 19.2 Å². The van der Waals surface area contributed by atoms with Crippen molar-refractivity contribution in [2.45, 2.75) is 40.3 Å². The monoisotopic (exact) mass is 451 g/mol. The van der Waals surface area contributed by atoms with E-state index in [-0.39, 0.29) is 11.9 Å². The van der Waals surface area contributed by atoms with Crippen molar-refractivity contribution in [1.29, 1.82) is 0 Å². The summed E-state index contributed by atoms with van der Waals surface area (Å²) in [5.41, 5.74) is 3.69. The van der Waals surface area contributed by atoms with Crippen LogP contribution in [0.2, 0.25) is 0 Å². The lowest BCUT2D eigenvalue weighted by Gasteiger charge is -2.33. The molecule has 1 atom stereocenters. The van der Waals surface area contributed by atoms with E-state index in [0.717, 1.165) is 29.4 Å². The van der Waals surface area contributed by atoms with Gasteiger partial charge in [0.2, 0.25) is 5.96 Å². The van der Waals surface area contributed by atoms with Crippen molar-refractivity contribution in [3.63, 3.8) is 0 Å². The number of guanidine groups is 1. The Morgan fingerprint density at radius 3 is 2.47 bits per heavy atom. The highest BCUT2D eigenvalue weighted by molar-refractivity contribution is 6.18. The molecule has 5 rings (SSSR count). The van der Waals surface area contributed by atoms with Crippen molar-refractivity contribution in [3.8, 4) is 11.8 Å². The van der Waals surface area contributed by atoms with Crippen LogP contribution in [-0.4, -0.2) is 45.4 Å². The summed E-state index contributed by atoms with van der Waals surface area (Å²) in [7, 11) is 0. The number of aliphatic imine (C=N–C) groups is 1. The molecule has 0 unspecified atom stereocenters. The van der Waals surface area contributed by atoms with Crippen LogP contribution >= 0.6 is 0 Å². The molecule has 0 spiro atoms. The average molecular weight is 452 g/mol. The van der Waals surface area contributed by atoms with Crippen LogP contribution in [0.5, 0.6) is 0 Å². The van der Waals surface area contributed by atoms with Gasteiger partial charge in [0.25, 0.3) is 5.91 Å².